The number of benzene rings is 1. The molecule has 1 fully saturated rings. The maximum atomic E-state index is 13.1. The smallest absolute Gasteiger partial charge is 0.420 e. The van der Waals surface area contributed by atoms with Crippen LogP contribution in [-0.4, -0.2) is 42.0 Å². The van der Waals surface area contributed by atoms with Crippen molar-refractivity contribution in [1.29, 1.82) is 0 Å². The number of carbonyl (C=O) groups is 2. The molecular weight excluding hydrogens is 408 g/mol. The number of pyridine rings is 1. The second-order valence-electron chi connectivity index (χ2n) is 7.51. The number of aliphatic carboxylic acids is 1. The first-order chi connectivity index (χ1) is 14.5. The van der Waals surface area contributed by atoms with Gasteiger partial charge in [-0.2, -0.15) is 0 Å². The van der Waals surface area contributed by atoms with E-state index in [-0.39, 0.29) is 25.2 Å². The van der Waals surface area contributed by atoms with Crippen molar-refractivity contribution in [3.05, 3.63) is 53.7 Å². The number of carboxylic acids is 1. The normalized spacial score (nSPS) is 15.4. The summed E-state index contributed by atoms with van der Waals surface area (Å²) in [6, 6.07) is 12.4. The molecule has 1 aromatic heterocycles. The molecule has 0 radical (unpaired) electrons. The molecule has 7 nitrogen and oxygen atoms in total. The molecule has 8 heteroatoms. The lowest BCUT2D eigenvalue weighted by atomic mass is 9.75. The first-order valence-electron chi connectivity index (χ1n) is 9.92. The summed E-state index contributed by atoms with van der Waals surface area (Å²) in [6.07, 6.45) is 5.67. The highest BCUT2D eigenvalue weighted by Gasteiger charge is 2.35. The van der Waals surface area contributed by atoms with Crippen molar-refractivity contribution in [1.82, 2.24) is 4.98 Å². The van der Waals surface area contributed by atoms with Crippen LogP contribution in [0.1, 0.15) is 32.1 Å². The number of rotatable bonds is 8. The minimum absolute atomic E-state index is 0.155. The monoisotopic (exact) mass is 432 g/mol. The van der Waals surface area contributed by atoms with Crippen LogP contribution in [0.3, 0.4) is 0 Å². The molecule has 1 saturated carbocycles. The summed E-state index contributed by atoms with van der Waals surface area (Å²) in [7, 11) is 0. The Morgan fingerprint density at radius 3 is 2.43 bits per heavy atom. The van der Waals surface area contributed by atoms with Gasteiger partial charge in [-0.05, 0) is 37.1 Å². The minimum atomic E-state index is -1.01. The van der Waals surface area contributed by atoms with Gasteiger partial charge in [-0.15, -0.1) is 0 Å². The Kier molecular flexibility index (Phi) is 7.65. The molecule has 0 aliphatic heterocycles. The van der Waals surface area contributed by atoms with E-state index in [0.717, 1.165) is 32.1 Å². The molecule has 1 amide bonds. The van der Waals surface area contributed by atoms with Gasteiger partial charge >= 0.3 is 12.1 Å². The van der Waals surface area contributed by atoms with Gasteiger partial charge in [0.25, 0.3) is 0 Å². The fourth-order valence-corrected chi connectivity index (χ4v) is 3.79. The number of hydrogen-bond donors (Lipinski definition) is 1. The van der Waals surface area contributed by atoms with Crippen molar-refractivity contribution in [2.75, 3.05) is 24.7 Å². The van der Waals surface area contributed by atoms with Crippen molar-refractivity contribution in [2.45, 2.75) is 32.1 Å². The number of carbonyl (C=O) groups excluding carboxylic acids is 1. The predicted molar refractivity (Wildman–Crippen MR) is 113 cm³/mol. The van der Waals surface area contributed by atoms with E-state index in [4.69, 9.17) is 26.2 Å². The van der Waals surface area contributed by atoms with Gasteiger partial charge in [0.2, 0.25) is 0 Å². The number of halogens is 1. The summed E-state index contributed by atoms with van der Waals surface area (Å²) in [5.41, 5.74) is 0.247. The van der Waals surface area contributed by atoms with Crippen molar-refractivity contribution in [3.8, 4) is 0 Å². The molecule has 0 unspecified atom stereocenters. The van der Waals surface area contributed by atoms with Gasteiger partial charge in [0.1, 0.15) is 19.0 Å². The Hall–Kier alpha value is -2.64. The summed E-state index contributed by atoms with van der Waals surface area (Å²) in [6.45, 7) is 0.0417. The van der Waals surface area contributed by atoms with Gasteiger partial charge in [-0.1, -0.05) is 49.1 Å². The van der Waals surface area contributed by atoms with E-state index in [1.165, 1.54) is 11.1 Å². The highest BCUT2D eigenvalue weighted by Crippen LogP contribution is 2.37. The van der Waals surface area contributed by atoms with Crippen LogP contribution in [-0.2, 0) is 14.3 Å². The third-order valence-electron chi connectivity index (χ3n) is 5.19. The van der Waals surface area contributed by atoms with Crippen LogP contribution in [0.15, 0.2) is 48.7 Å². The molecule has 160 valence electrons. The van der Waals surface area contributed by atoms with Gasteiger partial charge in [-0.3, -0.25) is 0 Å². The number of anilines is 2. The number of amides is 1. The standard InChI is InChI=1S/C22H25ClN2O5/c23-17-9-10-19(24-13-17)25(18-7-3-1-4-8-18)21(28)30-16-22(11-5-2-6-12-22)15-29-14-20(26)27/h1,3-4,7-10,13H,2,5-6,11-12,14-16H2,(H,26,27). The number of nitrogens with zero attached hydrogens (tertiary/aromatic N) is 2. The van der Waals surface area contributed by atoms with Crippen LogP contribution >= 0.6 is 11.6 Å². The molecule has 2 aromatic rings. The Morgan fingerprint density at radius 1 is 1.07 bits per heavy atom. The zero-order chi connectivity index (χ0) is 21.4. The number of para-hydroxylation sites is 1. The van der Waals surface area contributed by atoms with Gasteiger partial charge in [0, 0.05) is 11.6 Å². The van der Waals surface area contributed by atoms with Crippen LogP contribution in [0.4, 0.5) is 16.3 Å². The summed E-state index contributed by atoms with van der Waals surface area (Å²) in [5, 5.41) is 9.33. The van der Waals surface area contributed by atoms with E-state index in [0.29, 0.717) is 16.5 Å². The lowest BCUT2D eigenvalue weighted by molar-refractivity contribution is -0.144. The SMILES string of the molecule is O=C(O)COCC1(COC(=O)N(c2ccccc2)c2ccc(Cl)cn2)CCCCC1. The van der Waals surface area contributed by atoms with Crippen LogP contribution < -0.4 is 4.90 Å². The first kappa shape index (κ1) is 22.1. The molecule has 1 aliphatic carbocycles. The fraction of sp³-hybridized carbons (Fsp3) is 0.409. The quantitative estimate of drug-likeness (QED) is 0.627. The predicted octanol–water partition coefficient (Wildman–Crippen LogP) is 5.06. The minimum Gasteiger partial charge on any atom is -0.480 e. The average molecular weight is 433 g/mol. The van der Waals surface area contributed by atoms with E-state index in [1.807, 2.05) is 18.2 Å². The van der Waals surface area contributed by atoms with E-state index < -0.39 is 12.1 Å². The second kappa shape index (κ2) is 10.4. The van der Waals surface area contributed by atoms with Gasteiger partial charge in [0.15, 0.2) is 0 Å². The molecule has 1 heterocycles. The maximum Gasteiger partial charge on any atom is 0.420 e. The van der Waals surface area contributed by atoms with Crippen LogP contribution in [0.25, 0.3) is 0 Å². The second-order valence-corrected chi connectivity index (χ2v) is 7.94. The summed E-state index contributed by atoms with van der Waals surface area (Å²) in [5.74, 6) is -0.613. The molecular formula is C22H25ClN2O5. The summed E-state index contributed by atoms with van der Waals surface area (Å²) in [4.78, 5) is 29.6. The lowest BCUT2D eigenvalue weighted by Crippen LogP contribution is -2.38. The summed E-state index contributed by atoms with van der Waals surface area (Å²) < 4.78 is 11.1. The highest BCUT2D eigenvalue weighted by molar-refractivity contribution is 6.30. The Balaban J connectivity index is 1.75. The topological polar surface area (TPSA) is 89.0 Å². The highest BCUT2D eigenvalue weighted by atomic mass is 35.5. The maximum absolute atomic E-state index is 13.1. The zero-order valence-corrected chi connectivity index (χ0v) is 17.4. The van der Waals surface area contributed by atoms with E-state index in [9.17, 15) is 9.59 Å². The van der Waals surface area contributed by atoms with Gasteiger partial charge in [0.05, 0.1) is 17.3 Å². The van der Waals surface area contributed by atoms with E-state index in [1.54, 1.807) is 24.3 Å². The van der Waals surface area contributed by atoms with E-state index >= 15 is 0 Å². The van der Waals surface area contributed by atoms with Crippen molar-refractivity contribution >= 4 is 35.2 Å². The molecule has 0 spiro atoms. The molecule has 0 saturated heterocycles. The van der Waals surface area contributed by atoms with Crippen molar-refractivity contribution in [2.24, 2.45) is 5.41 Å². The third-order valence-corrected chi connectivity index (χ3v) is 5.41. The molecule has 0 bridgehead atoms. The molecule has 1 N–H and O–H groups in total. The van der Waals surface area contributed by atoms with Crippen molar-refractivity contribution in [3.63, 3.8) is 0 Å². The Bertz CT molecular complexity index is 838. The Labute approximate surface area is 180 Å². The third kappa shape index (κ3) is 5.93. The van der Waals surface area contributed by atoms with Gasteiger partial charge < -0.3 is 14.6 Å². The fourth-order valence-electron chi connectivity index (χ4n) is 3.67. The number of ether oxygens (including phenoxy) is 2. The average Bonchev–Trinajstić information content (AvgIpc) is 2.75. The largest absolute Gasteiger partial charge is 0.480 e. The lowest BCUT2D eigenvalue weighted by Gasteiger charge is -2.36. The van der Waals surface area contributed by atoms with E-state index in [2.05, 4.69) is 4.98 Å². The number of carboxylic acid groups (broad SMARTS) is 1. The number of hydrogen-bond acceptors (Lipinski definition) is 5. The first-order valence-corrected chi connectivity index (χ1v) is 10.3. The zero-order valence-electron chi connectivity index (χ0n) is 16.6. The molecule has 1 aromatic carbocycles. The molecule has 3 rings (SSSR count). The molecule has 1 aliphatic rings. The van der Waals surface area contributed by atoms with Gasteiger partial charge in [-0.25, -0.2) is 19.5 Å². The van der Waals surface area contributed by atoms with Crippen LogP contribution in [0.5, 0.6) is 0 Å². The number of aromatic nitrogens is 1. The van der Waals surface area contributed by atoms with Crippen LogP contribution in [0, 0.1) is 5.41 Å². The summed E-state index contributed by atoms with van der Waals surface area (Å²) >= 11 is 5.94. The molecule has 30 heavy (non-hydrogen) atoms. The Morgan fingerprint density at radius 2 is 1.80 bits per heavy atom. The van der Waals surface area contributed by atoms with Crippen molar-refractivity contribution < 1.29 is 24.2 Å². The van der Waals surface area contributed by atoms with Crippen LogP contribution in [0.2, 0.25) is 5.02 Å². The molecule has 0 atom stereocenters.